The highest BCUT2D eigenvalue weighted by molar-refractivity contribution is 7.89. The zero-order valence-electron chi connectivity index (χ0n) is 11.3. The second-order valence-corrected chi connectivity index (χ2v) is 7.30. The highest BCUT2D eigenvalue weighted by Gasteiger charge is 2.42. The predicted octanol–water partition coefficient (Wildman–Crippen LogP) is 1.34. The van der Waals surface area contributed by atoms with Crippen LogP contribution in [0.15, 0.2) is 29.2 Å². The molecule has 0 aliphatic carbocycles. The minimum Gasteiger partial charge on any atom is -0.389 e. The fourth-order valence-electron chi connectivity index (χ4n) is 2.95. The molecule has 1 aromatic carbocycles. The van der Waals surface area contributed by atoms with Crippen molar-refractivity contribution in [2.24, 2.45) is 0 Å². The predicted molar refractivity (Wildman–Crippen MR) is 73.7 cm³/mol. The van der Waals surface area contributed by atoms with Gasteiger partial charge in [0.05, 0.1) is 29.2 Å². The largest absolute Gasteiger partial charge is 0.389 e. The molecule has 2 fully saturated rings. The van der Waals surface area contributed by atoms with Gasteiger partial charge in [-0.3, -0.25) is 0 Å². The molecule has 2 N–H and O–H groups in total. The number of nitrogens with one attached hydrogen (secondary N) is 1. The minimum atomic E-state index is -3.52. The monoisotopic (exact) mass is 297 g/mol. The van der Waals surface area contributed by atoms with Gasteiger partial charge in [-0.2, -0.15) is 0 Å². The molecule has 2 heterocycles. The molecule has 4 atom stereocenters. The molecule has 2 aliphatic heterocycles. The van der Waals surface area contributed by atoms with E-state index in [0.29, 0.717) is 5.56 Å². The van der Waals surface area contributed by atoms with Gasteiger partial charge < -0.3 is 9.84 Å². The summed E-state index contributed by atoms with van der Waals surface area (Å²) >= 11 is 0. The lowest BCUT2D eigenvalue weighted by Gasteiger charge is -2.20. The van der Waals surface area contributed by atoms with E-state index in [1.54, 1.807) is 19.1 Å². The Morgan fingerprint density at radius 3 is 2.50 bits per heavy atom. The van der Waals surface area contributed by atoms with Crippen molar-refractivity contribution in [2.75, 3.05) is 0 Å². The molecule has 5 nitrogen and oxygen atoms in total. The van der Waals surface area contributed by atoms with Crippen molar-refractivity contribution < 1.29 is 18.3 Å². The summed E-state index contributed by atoms with van der Waals surface area (Å²) in [4.78, 5) is 0.227. The van der Waals surface area contributed by atoms with Gasteiger partial charge in [0.1, 0.15) is 0 Å². The molecular formula is C14H19NO4S. The van der Waals surface area contributed by atoms with Gasteiger partial charge >= 0.3 is 0 Å². The van der Waals surface area contributed by atoms with Crippen LogP contribution in [0.25, 0.3) is 0 Å². The van der Waals surface area contributed by atoms with Crippen molar-refractivity contribution in [3.05, 3.63) is 29.8 Å². The summed E-state index contributed by atoms with van der Waals surface area (Å²) in [7, 11) is -3.52. The summed E-state index contributed by atoms with van der Waals surface area (Å²) < 4.78 is 33.0. The van der Waals surface area contributed by atoms with Crippen molar-refractivity contribution in [3.8, 4) is 0 Å². The van der Waals surface area contributed by atoms with E-state index in [2.05, 4.69) is 4.72 Å². The quantitative estimate of drug-likeness (QED) is 0.879. The van der Waals surface area contributed by atoms with Gasteiger partial charge in [-0.25, -0.2) is 13.1 Å². The third-order valence-corrected chi connectivity index (χ3v) is 5.59. The highest BCUT2D eigenvalue weighted by atomic mass is 32.2. The van der Waals surface area contributed by atoms with Crippen LogP contribution >= 0.6 is 0 Å². The fourth-order valence-corrected chi connectivity index (χ4v) is 4.23. The Balaban J connectivity index is 1.74. The molecule has 0 aromatic heterocycles. The third kappa shape index (κ3) is 2.61. The van der Waals surface area contributed by atoms with Crippen molar-refractivity contribution in [1.29, 1.82) is 0 Å². The normalized spacial score (nSPS) is 30.6. The maximum Gasteiger partial charge on any atom is 0.240 e. The number of hydrogen-bond donors (Lipinski definition) is 2. The molecule has 2 saturated heterocycles. The SMILES string of the molecule is CC(O)c1ccc(S(=O)(=O)NC2CC3CCC2O3)cc1. The van der Waals surface area contributed by atoms with Gasteiger partial charge in [0.25, 0.3) is 0 Å². The van der Waals surface area contributed by atoms with Crippen LogP contribution in [0.5, 0.6) is 0 Å². The van der Waals surface area contributed by atoms with E-state index in [1.807, 2.05) is 0 Å². The number of ether oxygens (including phenoxy) is 1. The number of benzene rings is 1. The molecule has 20 heavy (non-hydrogen) atoms. The van der Waals surface area contributed by atoms with Gasteiger partial charge in [-0.15, -0.1) is 0 Å². The van der Waals surface area contributed by atoms with Crippen LogP contribution in [-0.2, 0) is 14.8 Å². The summed E-state index contributed by atoms with van der Waals surface area (Å²) in [6, 6.07) is 6.21. The topological polar surface area (TPSA) is 75.6 Å². The van der Waals surface area contributed by atoms with Crippen LogP contribution in [0, 0.1) is 0 Å². The van der Waals surface area contributed by atoms with E-state index in [0.717, 1.165) is 19.3 Å². The van der Waals surface area contributed by atoms with Gasteiger partial charge in [0.2, 0.25) is 10.0 Å². The number of sulfonamides is 1. The Labute approximate surface area is 119 Å². The second kappa shape index (κ2) is 5.11. The Kier molecular flexibility index (Phi) is 3.58. The minimum absolute atomic E-state index is 0.0199. The van der Waals surface area contributed by atoms with E-state index < -0.39 is 16.1 Å². The Hall–Kier alpha value is -0.950. The average molecular weight is 297 g/mol. The van der Waals surface area contributed by atoms with Crippen LogP contribution in [0.2, 0.25) is 0 Å². The molecule has 4 unspecified atom stereocenters. The summed E-state index contributed by atoms with van der Waals surface area (Å²) in [5.74, 6) is 0. The number of hydrogen-bond acceptors (Lipinski definition) is 4. The molecule has 0 amide bonds. The first-order valence-corrected chi connectivity index (χ1v) is 8.40. The first-order chi connectivity index (χ1) is 9.45. The van der Waals surface area contributed by atoms with Crippen molar-refractivity contribution >= 4 is 10.0 Å². The molecule has 0 spiro atoms. The molecule has 0 radical (unpaired) electrons. The molecule has 1 aromatic rings. The smallest absolute Gasteiger partial charge is 0.240 e. The van der Waals surface area contributed by atoms with Gasteiger partial charge in [0.15, 0.2) is 0 Å². The van der Waals surface area contributed by atoms with Crippen molar-refractivity contribution in [2.45, 2.75) is 55.4 Å². The molecule has 2 bridgehead atoms. The Morgan fingerprint density at radius 2 is 2.00 bits per heavy atom. The molecular weight excluding hydrogens is 278 g/mol. The van der Waals surface area contributed by atoms with E-state index in [1.165, 1.54) is 12.1 Å². The Morgan fingerprint density at radius 1 is 1.30 bits per heavy atom. The summed E-state index contributed by atoms with van der Waals surface area (Å²) in [5, 5.41) is 9.44. The molecule has 2 aliphatic rings. The number of aliphatic hydroxyl groups excluding tert-OH is 1. The van der Waals surface area contributed by atoms with Crippen LogP contribution in [0.4, 0.5) is 0 Å². The maximum absolute atomic E-state index is 12.3. The lowest BCUT2D eigenvalue weighted by Crippen LogP contribution is -2.41. The number of rotatable bonds is 4. The van der Waals surface area contributed by atoms with E-state index in [-0.39, 0.29) is 23.1 Å². The van der Waals surface area contributed by atoms with Crippen LogP contribution in [-0.4, -0.2) is 31.8 Å². The first-order valence-electron chi connectivity index (χ1n) is 6.91. The summed E-state index contributed by atoms with van der Waals surface area (Å²) in [6.45, 7) is 1.65. The van der Waals surface area contributed by atoms with Crippen LogP contribution in [0.1, 0.15) is 37.9 Å². The lowest BCUT2D eigenvalue weighted by atomic mass is 9.96. The standard InChI is InChI=1S/C14H19NO4S/c1-9(16)10-2-5-12(6-3-10)20(17,18)15-13-8-11-4-7-14(13)19-11/h2-3,5-6,9,11,13-16H,4,7-8H2,1H3. The lowest BCUT2D eigenvalue weighted by molar-refractivity contribution is 0.0996. The third-order valence-electron chi connectivity index (χ3n) is 4.09. The summed E-state index contributed by atoms with van der Waals surface area (Å²) in [6.07, 6.45) is 2.36. The maximum atomic E-state index is 12.3. The van der Waals surface area contributed by atoms with E-state index in [9.17, 15) is 13.5 Å². The zero-order chi connectivity index (χ0) is 14.3. The average Bonchev–Trinajstić information content (AvgIpc) is 3.00. The first kappa shape index (κ1) is 14.0. The van der Waals surface area contributed by atoms with Crippen LogP contribution < -0.4 is 4.72 Å². The zero-order valence-corrected chi connectivity index (χ0v) is 12.1. The molecule has 3 rings (SSSR count). The van der Waals surface area contributed by atoms with Crippen LogP contribution in [0.3, 0.4) is 0 Å². The highest BCUT2D eigenvalue weighted by Crippen LogP contribution is 2.35. The van der Waals surface area contributed by atoms with Crippen molar-refractivity contribution in [1.82, 2.24) is 4.72 Å². The number of aliphatic hydroxyl groups is 1. The fraction of sp³-hybridized carbons (Fsp3) is 0.571. The molecule has 6 heteroatoms. The summed E-state index contributed by atoms with van der Waals surface area (Å²) in [5.41, 5.74) is 0.701. The second-order valence-electron chi connectivity index (χ2n) is 5.58. The van der Waals surface area contributed by atoms with Crippen molar-refractivity contribution in [3.63, 3.8) is 0 Å². The van der Waals surface area contributed by atoms with E-state index >= 15 is 0 Å². The Bertz CT molecular complexity index is 582. The van der Waals surface area contributed by atoms with Gasteiger partial charge in [-0.1, -0.05) is 12.1 Å². The molecule has 110 valence electrons. The molecule has 0 saturated carbocycles. The van der Waals surface area contributed by atoms with Gasteiger partial charge in [0, 0.05) is 0 Å². The van der Waals surface area contributed by atoms with Gasteiger partial charge in [-0.05, 0) is 43.9 Å². The van der Waals surface area contributed by atoms with E-state index in [4.69, 9.17) is 4.74 Å². The number of fused-ring (bicyclic) bond motifs is 2.